The van der Waals surface area contributed by atoms with E-state index in [2.05, 4.69) is 5.32 Å². The zero-order valence-electron chi connectivity index (χ0n) is 23.3. The number of carbonyl (C=O) groups excluding carboxylic acids is 2. The summed E-state index contributed by atoms with van der Waals surface area (Å²) < 4.78 is 28.8. The summed E-state index contributed by atoms with van der Waals surface area (Å²) >= 11 is 12.7. The number of carbonyl (C=O) groups is 2. The maximum atomic E-state index is 14.2. The van der Waals surface area contributed by atoms with Gasteiger partial charge in [-0.3, -0.25) is 13.9 Å². The monoisotopic (exact) mass is 603 g/mol. The highest BCUT2D eigenvalue weighted by atomic mass is 35.5. The van der Waals surface area contributed by atoms with E-state index in [4.69, 9.17) is 23.2 Å². The lowest BCUT2D eigenvalue weighted by atomic mass is 10.0. The molecule has 2 amide bonds. The van der Waals surface area contributed by atoms with Crippen molar-refractivity contribution >= 4 is 50.7 Å². The van der Waals surface area contributed by atoms with Gasteiger partial charge in [0.25, 0.3) is 10.0 Å². The lowest BCUT2D eigenvalue weighted by Gasteiger charge is -2.35. The molecule has 0 unspecified atom stereocenters. The molecular weight excluding hydrogens is 569 g/mol. The molecule has 3 aromatic carbocycles. The molecule has 3 rings (SSSR count). The molecule has 0 aliphatic carbocycles. The van der Waals surface area contributed by atoms with E-state index in [0.717, 1.165) is 15.4 Å². The van der Waals surface area contributed by atoms with Gasteiger partial charge in [-0.2, -0.15) is 0 Å². The Balaban J connectivity index is 2.12. The summed E-state index contributed by atoms with van der Waals surface area (Å²) in [6.07, 6.45) is 0.322. The second-order valence-corrected chi connectivity index (χ2v) is 13.2. The van der Waals surface area contributed by atoms with Gasteiger partial charge < -0.3 is 10.2 Å². The third-order valence-electron chi connectivity index (χ3n) is 6.30. The second kappa shape index (κ2) is 13.1. The summed E-state index contributed by atoms with van der Waals surface area (Å²) in [5.74, 6) is -0.884. The van der Waals surface area contributed by atoms with Crippen molar-refractivity contribution in [2.24, 2.45) is 0 Å². The molecule has 0 aromatic heterocycles. The quantitative estimate of drug-likeness (QED) is 0.298. The fourth-order valence-corrected chi connectivity index (χ4v) is 6.16. The van der Waals surface area contributed by atoms with Crippen molar-refractivity contribution in [3.8, 4) is 0 Å². The fourth-order valence-electron chi connectivity index (χ4n) is 4.26. The minimum absolute atomic E-state index is 0.000515. The Morgan fingerprint density at radius 3 is 2.15 bits per heavy atom. The Hall–Kier alpha value is -3.07. The number of sulfonamides is 1. The molecule has 1 atom stereocenters. The van der Waals surface area contributed by atoms with Crippen LogP contribution in [0.1, 0.15) is 45.2 Å². The number of benzene rings is 3. The molecule has 0 aliphatic heterocycles. The molecule has 0 heterocycles. The van der Waals surface area contributed by atoms with Gasteiger partial charge in [0.2, 0.25) is 11.8 Å². The molecule has 0 spiro atoms. The van der Waals surface area contributed by atoms with Crippen LogP contribution < -0.4 is 9.62 Å². The first-order valence-electron chi connectivity index (χ1n) is 12.9. The van der Waals surface area contributed by atoms with Crippen LogP contribution in [0.25, 0.3) is 0 Å². The van der Waals surface area contributed by atoms with Gasteiger partial charge in [-0.25, -0.2) is 8.42 Å². The minimum atomic E-state index is -4.24. The summed E-state index contributed by atoms with van der Waals surface area (Å²) in [6.45, 7) is 8.84. The molecule has 10 heteroatoms. The number of nitrogens with one attached hydrogen (secondary N) is 1. The normalized spacial score (nSPS) is 12.5. The Bertz CT molecular complexity index is 1460. The SMILES string of the molecule is CC[C@@H](C(=O)NC(C)(C)C)N(Cc1ccccc1C)C(=O)CN(c1cccc(Cl)c1Cl)S(=O)(=O)c1ccccc1. The van der Waals surface area contributed by atoms with Crippen molar-refractivity contribution < 1.29 is 18.0 Å². The third-order valence-corrected chi connectivity index (χ3v) is 8.88. The summed E-state index contributed by atoms with van der Waals surface area (Å²) in [4.78, 5) is 29.0. The largest absolute Gasteiger partial charge is 0.350 e. The molecule has 0 radical (unpaired) electrons. The van der Waals surface area contributed by atoms with E-state index >= 15 is 0 Å². The molecule has 214 valence electrons. The van der Waals surface area contributed by atoms with Crippen LogP contribution in [0.5, 0.6) is 0 Å². The zero-order chi connectivity index (χ0) is 29.7. The second-order valence-electron chi connectivity index (χ2n) is 10.5. The number of rotatable bonds is 10. The third kappa shape index (κ3) is 7.56. The summed E-state index contributed by atoms with van der Waals surface area (Å²) in [5, 5.41) is 3.11. The summed E-state index contributed by atoms with van der Waals surface area (Å²) in [6, 6.07) is 19.1. The number of hydrogen-bond acceptors (Lipinski definition) is 4. The van der Waals surface area contributed by atoms with Crippen molar-refractivity contribution in [2.45, 2.75) is 64.1 Å². The van der Waals surface area contributed by atoms with Gasteiger partial charge in [-0.1, -0.05) is 78.7 Å². The van der Waals surface area contributed by atoms with E-state index < -0.39 is 34.1 Å². The molecule has 0 aliphatic rings. The highest BCUT2D eigenvalue weighted by Crippen LogP contribution is 2.35. The van der Waals surface area contributed by atoms with Crippen LogP contribution in [0.2, 0.25) is 10.0 Å². The van der Waals surface area contributed by atoms with E-state index in [0.29, 0.717) is 6.42 Å². The number of anilines is 1. The topological polar surface area (TPSA) is 86.8 Å². The Labute approximate surface area is 247 Å². The van der Waals surface area contributed by atoms with Gasteiger partial charge in [0.15, 0.2) is 0 Å². The van der Waals surface area contributed by atoms with Gasteiger partial charge in [0.05, 0.1) is 20.6 Å². The molecular formula is C30H35Cl2N3O4S. The highest BCUT2D eigenvalue weighted by Gasteiger charge is 2.35. The predicted molar refractivity (Wildman–Crippen MR) is 161 cm³/mol. The number of halogens is 2. The van der Waals surface area contributed by atoms with Gasteiger partial charge in [0.1, 0.15) is 12.6 Å². The van der Waals surface area contributed by atoms with Crippen molar-refractivity contribution in [3.05, 3.63) is 94.0 Å². The van der Waals surface area contributed by atoms with Crippen molar-refractivity contribution in [3.63, 3.8) is 0 Å². The van der Waals surface area contributed by atoms with E-state index in [1.807, 2.05) is 58.9 Å². The van der Waals surface area contributed by atoms with Crippen LogP contribution in [0.15, 0.2) is 77.7 Å². The molecule has 40 heavy (non-hydrogen) atoms. The summed E-state index contributed by atoms with van der Waals surface area (Å²) in [7, 11) is -4.24. The average Bonchev–Trinajstić information content (AvgIpc) is 2.89. The van der Waals surface area contributed by atoms with Crippen molar-refractivity contribution in [1.29, 1.82) is 0 Å². The fraction of sp³-hybridized carbons (Fsp3) is 0.333. The van der Waals surface area contributed by atoms with Crippen LogP contribution in [-0.4, -0.2) is 43.3 Å². The first kappa shape index (κ1) is 31.5. The van der Waals surface area contributed by atoms with E-state index in [1.54, 1.807) is 24.3 Å². The van der Waals surface area contributed by atoms with Crippen LogP contribution in [0, 0.1) is 6.92 Å². The highest BCUT2D eigenvalue weighted by molar-refractivity contribution is 7.92. The zero-order valence-corrected chi connectivity index (χ0v) is 25.6. The number of amides is 2. The Kier molecular flexibility index (Phi) is 10.3. The van der Waals surface area contributed by atoms with E-state index in [-0.39, 0.29) is 33.1 Å². The van der Waals surface area contributed by atoms with Crippen molar-refractivity contribution in [2.75, 3.05) is 10.8 Å². The first-order chi connectivity index (χ1) is 18.8. The smallest absolute Gasteiger partial charge is 0.264 e. The lowest BCUT2D eigenvalue weighted by Crippen LogP contribution is -2.55. The van der Waals surface area contributed by atoms with Gasteiger partial charge in [0, 0.05) is 12.1 Å². The summed E-state index contributed by atoms with van der Waals surface area (Å²) in [5.41, 5.74) is 1.32. The first-order valence-corrected chi connectivity index (χ1v) is 15.1. The number of hydrogen-bond donors (Lipinski definition) is 1. The van der Waals surface area contributed by atoms with E-state index in [1.165, 1.54) is 29.2 Å². The number of nitrogens with zero attached hydrogens (tertiary/aromatic N) is 2. The van der Waals surface area contributed by atoms with Crippen LogP contribution in [0.3, 0.4) is 0 Å². The Morgan fingerprint density at radius 1 is 0.925 bits per heavy atom. The van der Waals surface area contributed by atoms with Crippen molar-refractivity contribution in [1.82, 2.24) is 10.2 Å². The molecule has 0 saturated heterocycles. The molecule has 7 nitrogen and oxygen atoms in total. The average molecular weight is 605 g/mol. The standard InChI is InChI=1S/C30H35Cl2N3O4S/c1-6-25(29(37)33-30(3,4)5)34(19-22-14-11-10-13-21(22)2)27(36)20-35(26-18-12-17-24(31)28(26)32)40(38,39)23-15-8-7-9-16-23/h7-18,25H,6,19-20H2,1-5H3,(H,33,37)/t25-/m0/s1. The maximum Gasteiger partial charge on any atom is 0.264 e. The van der Waals surface area contributed by atoms with Gasteiger partial charge in [-0.05, 0) is 69.5 Å². The molecule has 0 bridgehead atoms. The predicted octanol–water partition coefficient (Wildman–Crippen LogP) is 6.22. The minimum Gasteiger partial charge on any atom is -0.350 e. The number of aryl methyl sites for hydroxylation is 1. The maximum absolute atomic E-state index is 14.2. The lowest BCUT2D eigenvalue weighted by molar-refractivity contribution is -0.141. The van der Waals surface area contributed by atoms with Gasteiger partial charge >= 0.3 is 0 Å². The molecule has 0 saturated carbocycles. The van der Waals surface area contributed by atoms with Gasteiger partial charge in [-0.15, -0.1) is 0 Å². The molecule has 3 aromatic rings. The van der Waals surface area contributed by atoms with Crippen LogP contribution in [-0.2, 0) is 26.2 Å². The Morgan fingerprint density at radius 2 is 1.55 bits per heavy atom. The van der Waals surface area contributed by atoms with Crippen LogP contribution in [0.4, 0.5) is 5.69 Å². The van der Waals surface area contributed by atoms with Crippen LogP contribution >= 0.6 is 23.2 Å². The molecule has 0 fully saturated rings. The molecule has 1 N–H and O–H groups in total. The van der Waals surface area contributed by atoms with E-state index in [9.17, 15) is 18.0 Å².